The van der Waals surface area contributed by atoms with Crippen LogP contribution in [0.1, 0.15) is 40.9 Å². The summed E-state index contributed by atoms with van der Waals surface area (Å²) in [6, 6.07) is 21.8. The lowest BCUT2D eigenvalue weighted by atomic mass is 10.1. The molecule has 0 aliphatic carbocycles. The molecule has 4 rings (SSSR count). The molecule has 0 spiro atoms. The number of anilines is 1. The normalized spacial score (nSPS) is 13.8. The number of hydrogen-bond donors (Lipinski definition) is 0. The second-order valence-corrected chi connectivity index (χ2v) is 7.64. The Bertz CT molecular complexity index is 1090. The van der Waals surface area contributed by atoms with Crippen molar-refractivity contribution in [3.8, 4) is 11.5 Å². The molecule has 0 saturated heterocycles. The van der Waals surface area contributed by atoms with E-state index in [2.05, 4.69) is 62.1 Å². The maximum Gasteiger partial charge on any atom is 0.231 e. The highest BCUT2D eigenvalue weighted by atomic mass is 16.5. The molecule has 0 fully saturated rings. The van der Waals surface area contributed by atoms with Gasteiger partial charge in [0, 0.05) is 24.8 Å². The lowest BCUT2D eigenvalue weighted by Gasteiger charge is -2.20. The van der Waals surface area contributed by atoms with E-state index in [4.69, 9.17) is 9.47 Å². The molecular weight excluding hydrogens is 386 g/mol. The zero-order valence-electron chi connectivity index (χ0n) is 18.2. The molecule has 1 aliphatic rings. The minimum absolute atomic E-state index is 0.104. The average Bonchev–Trinajstić information content (AvgIpc) is 3.10. The molecule has 4 nitrogen and oxygen atoms in total. The number of Topliss-reactive ketones (excluding diaryl/α,β-unsaturated/α-hetero) is 1. The Kier molecular flexibility index (Phi) is 6.08. The highest BCUT2D eigenvalue weighted by Crippen LogP contribution is 2.35. The number of nitrogens with zero attached hydrogens (tertiary/aromatic N) is 1. The number of hydrogen-bond acceptors (Lipinski definition) is 4. The van der Waals surface area contributed by atoms with Crippen molar-refractivity contribution in [2.75, 3.05) is 18.0 Å². The molecule has 0 amide bonds. The third kappa shape index (κ3) is 4.64. The van der Waals surface area contributed by atoms with Gasteiger partial charge in [0.1, 0.15) is 18.1 Å². The van der Waals surface area contributed by atoms with E-state index >= 15 is 0 Å². The van der Waals surface area contributed by atoms with Gasteiger partial charge < -0.3 is 14.4 Å². The molecule has 158 valence electrons. The summed E-state index contributed by atoms with van der Waals surface area (Å²) in [7, 11) is 0. The van der Waals surface area contributed by atoms with Crippen molar-refractivity contribution in [2.45, 2.75) is 27.4 Å². The van der Waals surface area contributed by atoms with Gasteiger partial charge in [-0.05, 0) is 62.2 Å². The molecule has 1 aliphatic heterocycles. The number of carbonyl (C=O) groups excluding carboxylic acids is 1. The molecule has 0 bridgehead atoms. The van der Waals surface area contributed by atoms with Crippen molar-refractivity contribution in [1.82, 2.24) is 0 Å². The van der Waals surface area contributed by atoms with Crippen LogP contribution in [-0.2, 0) is 6.61 Å². The van der Waals surface area contributed by atoms with Crippen molar-refractivity contribution >= 4 is 17.5 Å². The van der Waals surface area contributed by atoms with Gasteiger partial charge in [-0.25, -0.2) is 0 Å². The van der Waals surface area contributed by atoms with Crippen LogP contribution in [0, 0.1) is 6.92 Å². The number of aryl methyl sites for hydroxylation is 1. The fourth-order valence-electron chi connectivity index (χ4n) is 3.63. The van der Waals surface area contributed by atoms with E-state index in [0.717, 1.165) is 24.2 Å². The molecule has 3 aromatic carbocycles. The van der Waals surface area contributed by atoms with E-state index in [1.807, 2.05) is 18.2 Å². The molecule has 4 heteroatoms. The summed E-state index contributed by atoms with van der Waals surface area (Å²) in [4.78, 5) is 15.0. The fraction of sp³-hybridized carbons (Fsp3) is 0.222. The van der Waals surface area contributed by atoms with E-state index in [-0.39, 0.29) is 5.78 Å². The fourth-order valence-corrected chi connectivity index (χ4v) is 3.63. The lowest BCUT2D eigenvalue weighted by Crippen LogP contribution is -2.21. The largest absolute Gasteiger partial charge is 0.489 e. The Morgan fingerprint density at radius 2 is 1.65 bits per heavy atom. The van der Waals surface area contributed by atoms with Crippen LogP contribution in [-0.4, -0.2) is 18.9 Å². The number of allylic oxidation sites excluding steroid dienone is 1. The second-order valence-electron chi connectivity index (χ2n) is 7.64. The van der Waals surface area contributed by atoms with E-state index in [0.29, 0.717) is 29.4 Å². The van der Waals surface area contributed by atoms with Crippen molar-refractivity contribution in [3.05, 3.63) is 94.7 Å². The van der Waals surface area contributed by atoms with Crippen LogP contribution < -0.4 is 14.4 Å². The summed E-state index contributed by atoms with van der Waals surface area (Å²) >= 11 is 0. The number of ether oxygens (including phenoxy) is 2. The van der Waals surface area contributed by atoms with Crippen molar-refractivity contribution < 1.29 is 14.3 Å². The summed E-state index contributed by atoms with van der Waals surface area (Å²) in [6.07, 6.45) is 1.79. The highest BCUT2D eigenvalue weighted by molar-refractivity contribution is 6.14. The molecule has 3 aromatic rings. The molecule has 1 heterocycles. The van der Waals surface area contributed by atoms with Gasteiger partial charge >= 0.3 is 0 Å². The molecule has 0 N–H and O–H groups in total. The van der Waals surface area contributed by atoms with E-state index in [1.54, 1.807) is 18.2 Å². The first-order valence-corrected chi connectivity index (χ1v) is 10.7. The van der Waals surface area contributed by atoms with Gasteiger partial charge in [-0.15, -0.1) is 0 Å². The molecule has 0 saturated carbocycles. The smallest absolute Gasteiger partial charge is 0.231 e. The van der Waals surface area contributed by atoms with Gasteiger partial charge in [-0.3, -0.25) is 4.79 Å². The quantitative estimate of drug-likeness (QED) is 0.443. The maximum absolute atomic E-state index is 12.7. The van der Waals surface area contributed by atoms with Crippen LogP contribution in [0.2, 0.25) is 0 Å². The molecule has 0 aromatic heterocycles. The monoisotopic (exact) mass is 413 g/mol. The third-order valence-electron chi connectivity index (χ3n) is 5.49. The molecular formula is C27H27NO3. The third-order valence-corrected chi connectivity index (χ3v) is 5.49. The predicted molar refractivity (Wildman–Crippen MR) is 125 cm³/mol. The minimum Gasteiger partial charge on any atom is -0.489 e. The van der Waals surface area contributed by atoms with Crippen LogP contribution in [0.5, 0.6) is 11.5 Å². The Labute approximate surface area is 183 Å². The number of carbonyl (C=O) groups is 1. The zero-order chi connectivity index (χ0) is 21.8. The second kappa shape index (κ2) is 9.09. The van der Waals surface area contributed by atoms with Gasteiger partial charge in [0.05, 0.1) is 5.56 Å². The molecule has 0 atom stereocenters. The van der Waals surface area contributed by atoms with Crippen molar-refractivity contribution in [2.24, 2.45) is 0 Å². The SMILES string of the molecule is CCN(CC)c1ccc(/C=C2\Oc3cc(OCc4ccc(C)cc4)ccc3C2=O)cc1. The highest BCUT2D eigenvalue weighted by Gasteiger charge is 2.27. The summed E-state index contributed by atoms with van der Waals surface area (Å²) in [6.45, 7) is 8.73. The standard InChI is InChI=1S/C27H27NO3/c1-4-28(5-2)22-12-10-20(11-13-22)16-26-27(29)24-15-14-23(17-25(24)31-26)30-18-21-8-6-19(3)7-9-21/h6-17H,4-5,18H2,1-3H3/b26-16-. The molecule has 0 unspecified atom stereocenters. The Balaban J connectivity index is 1.46. The summed E-state index contributed by atoms with van der Waals surface area (Å²) in [5.74, 6) is 1.45. The predicted octanol–water partition coefficient (Wildman–Crippen LogP) is 6.04. The van der Waals surface area contributed by atoms with Crippen LogP contribution in [0.15, 0.2) is 72.5 Å². The first-order chi connectivity index (χ1) is 15.1. The number of ketones is 1. The van der Waals surface area contributed by atoms with Gasteiger partial charge in [0.2, 0.25) is 5.78 Å². The topological polar surface area (TPSA) is 38.8 Å². The van der Waals surface area contributed by atoms with Gasteiger partial charge in [-0.2, -0.15) is 0 Å². The molecule has 0 radical (unpaired) electrons. The maximum atomic E-state index is 12.7. The van der Waals surface area contributed by atoms with Crippen LogP contribution in [0.3, 0.4) is 0 Å². The number of rotatable bonds is 7. The van der Waals surface area contributed by atoms with E-state index < -0.39 is 0 Å². The summed E-state index contributed by atoms with van der Waals surface area (Å²) in [5, 5.41) is 0. The molecule has 31 heavy (non-hydrogen) atoms. The summed E-state index contributed by atoms with van der Waals surface area (Å²) < 4.78 is 11.8. The van der Waals surface area contributed by atoms with Gasteiger partial charge in [-0.1, -0.05) is 42.0 Å². The first kappa shape index (κ1) is 20.7. The Morgan fingerprint density at radius 3 is 2.32 bits per heavy atom. The average molecular weight is 414 g/mol. The van der Waals surface area contributed by atoms with E-state index in [1.165, 1.54) is 11.3 Å². The van der Waals surface area contributed by atoms with Crippen molar-refractivity contribution in [3.63, 3.8) is 0 Å². The van der Waals surface area contributed by atoms with Gasteiger partial charge in [0.25, 0.3) is 0 Å². The Morgan fingerprint density at radius 1 is 0.935 bits per heavy atom. The van der Waals surface area contributed by atoms with Gasteiger partial charge in [0.15, 0.2) is 5.76 Å². The Hall–Kier alpha value is -3.53. The minimum atomic E-state index is -0.104. The zero-order valence-corrected chi connectivity index (χ0v) is 18.2. The number of benzene rings is 3. The summed E-state index contributed by atoms with van der Waals surface area (Å²) in [5.41, 5.74) is 4.98. The van der Waals surface area contributed by atoms with Crippen molar-refractivity contribution in [1.29, 1.82) is 0 Å². The number of fused-ring (bicyclic) bond motifs is 1. The van der Waals surface area contributed by atoms with Crippen LogP contribution in [0.25, 0.3) is 6.08 Å². The lowest BCUT2D eigenvalue weighted by molar-refractivity contribution is 0.101. The van der Waals surface area contributed by atoms with Crippen LogP contribution in [0.4, 0.5) is 5.69 Å². The van der Waals surface area contributed by atoms with Crippen LogP contribution >= 0.6 is 0 Å². The van der Waals surface area contributed by atoms with E-state index in [9.17, 15) is 4.79 Å². The first-order valence-electron chi connectivity index (χ1n) is 10.7.